The van der Waals surface area contributed by atoms with E-state index < -0.39 is 11.9 Å². The Balaban J connectivity index is 3.33. The third kappa shape index (κ3) is 22.2. The van der Waals surface area contributed by atoms with Crippen molar-refractivity contribution in [2.24, 2.45) is 0 Å². The van der Waals surface area contributed by atoms with Gasteiger partial charge in [-0.25, -0.2) is 0 Å². The highest BCUT2D eigenvalue weighted by Crippen LogP contribution is 2.09. The molecular weight excluding hydrogens is 392 g/mol. The quantitative estimate of drug-likeness (QED) is 0.201. The number of aliphatic carboxylic acids is 2. The Hall–Kier alpha value is -2.12. The summed E-state index contributed by atoms with van der Waals surface area (Å²) in [7, 11) is 0. The van der Waals surface area contributed by atoms with E-state index in [1.807, 2.05) is 0 Å². The fourth-order valence-corrected chi connectivity index (χ4v) is 2.87. The van der Waals surface area contributed by atoms with Crippen molar-refractivity contribution in [3.05, 3.63) is 0 Å². The summed E-state index contributed by atoms with van der Waals surface area (Å²) in [5, 5.41) is 17.1. The molecular formula is C22H38O8. The number of carbonyl (C=O) groups is 4. The summed E-state index contributed by atoms with van der Waals surface area (Å²) in [6.07, 6.45) is 10.7. The van der Waals surface area contributed by atoms with Crippen LogP contribution >= 0.6 is 0 Å². The lowest BCUT2D eigenvalue weighted by atomic mass is 10.1. The third-order valence-corrected chi connectivity index (χ3v) is 4.61. The second-order valence-corrected chi connectivity index (χ2v) is 7.47. The molecule has 0 bridgehead atoms. The number of carboxylic acids is 2. The van der Waals surface area contributed by atoms with Crippen molar-refractivity contribution in [3.63, 3.8) is 0 Å². The number of esters is 2. The molecule has 0 aliphatic heterocycles. The summed E-state index contributed by atoms with van der Waals surface area (Å²) in [6, 6.07) is 0. The lowest BCUT2D eigenvalue weighted by Gasteiger charge is -2.06. The lowest BCUT2D eigenvalue weighted by molar-refractivity contribution is -0.146. The Morgan fingerprint density at radius 3 is 1.07 bits per heavy atom. The van der Waals surface area contributed by atoms with Gasteiger partial charge in [0.25, 0.3) is 0 Å². The average molecular weight is 431 g/mol. The van der Waals surface area contributed by atoms with Gasteiger partial charge in [0.15, 0.2) is 0 Å². The molecule has 0 aromatic heterocycles. The predicted molar refractivity (Wildman–Crippen MR) is 111 cm³/mol. The zero-order chi connectivity index (χ0) is 22.5. The van der Waals surface area contributed by atoms with Crippen LogP contribution in [0.4, 0.5) is 0 Å². The van der Waals surface area contributed by atoms with Crippen LogP contribution in [0.15, 0.2) is 0 Å². The summed E-state index contributed by atoms with van der Waals surface area (Å²) in [4.78, 5) is 43.9. The van der Waals surface area contributed by atoms with E-state index in [1.54, 1.807) is 0 Å². The summed E-state index contributed by atoms with van der Waals surface area (Å²) in [5.74, 6) is -1.98. The number of hydrogen-bond donors (Lipinski definition) is 2. The van der Waals surface area contributed by atoms with Crippen LogP contribution in [0.3, 0.4) is 0 Å². The van der Waals surface area contributed by atoms with Crippen LogP contribution in [-0.4, -0.2) is 47.3 Å². The molecule has 0 aromatic carbocycles. The number of unbranched alkanes of at least 4 members (excludes halogenated alkanes) is 9. The van der Waals surface area contributed by atoms with Gasteiger partial charge in [-0.15, -0.1) is 0 Å². The summed E-state index contributed by atoms with van der Waals surface area (Å²) in [5.41, 5.74) is 0. The van der Waals surface area contributed by atoms with E-state index in [0.717, 1.165) is 51.4 Å². The second-order valence-electron chi connectivity index (χ2n) is 7.47. The van der Waals surface area contributed by atoms with Crippen LogP contribution in [0, 0.1) is 0 Å². The number of ether oxygens (including phenoxy) is 2. The van der Waals surface area contributed by atoms with Gasteiger partial charge in [-0.05, 0) is 38.5 Å². The maximum absolute atomic E-state index is 11.6. The molecule has 0 saturated heterocycles. The van der Waals surface area contributed by atoms with Crippen molar-refractivity contribution < 1.29 is 38.9 Å². The first-order valence-corrected chi connectivity index (χ1v) is 11.2. The summed E-state index contributed by atoms with van der Waals surface area (Å²) < 4.78 is 10.3. The maximum atomic E-state index is 11.6. The van der Waals surface area contributed by atoms with E-state index in [9.17, 15) is 19.2 Å². The van der Waals surface area contributed by atoms with E-state index >= 15 is 0 Å². The molecule has 0 atom stereocenters. The highest BCUT2D eigenvalue weighted by molar-refractivity contribution is 5.69. The molecule has 0 amide bonds. The van der Waals surface area contributed by atoms with Gasteiger partial charge in [0.05, 0.1) is 13.2 Å². The first kappa shape index (κ1) is 27.9. The first-order valence-electron chi connectivity index (χ1n) is 11.2. The largest absolute Gasteiger partial charge is 0.481 e. The minimum atomic E-state index is -0.768. The Kier molecular flexibility index (Phi) is 18.7. The van der Waals surface area contributed by atoms with E-state index in [0.29, 0.717) is 51.7 Å². The molecule has 2 N–H and O–H groups in total. The summed E-state index contributed by atoms with van der Waals surface area (Å²) in [6.45, 7) is 0.649. The topological polar surface area (TPSA) is 127 Å². The van der Waals surface area contributed by atoms with E-state index in [1.165, 1.54) is 0 Å². The third-order valence-electron chi connectivity index (χ3n) is 4.61. The Labute approximate surface area is 179 Å². The minimum absolute atomic E-state index is 0.202. The van der Waals surface area contributed by atoms with Crippen molar-refractivity contribution in [2.75, 3.05) is 13.2 Å². The van der Waals surface area contributed by atoms with Crippen molar-refractivity contribution in [2.45, 2.75) is 103 Å². The van der Waals surface area contributed by atoms with Crippen LogP contribution in [0.1, 0.15) is 103 Å². The highest BCUT2D eigenvalue weighted by atomic mass is 16.5. The Bertz CT molecular complexity index is 446. The van der Waals surface area contributed by atoms with E-state index in [2.05, 4.69) is 0 Å². The van der Waals surface area contributed by atoms with Crippen molar-refractivity contribution in [1.29, 1.82) is 0 Å². The van der Waals surface area contributed by atoms with Crippen LogP contribution in [0.2, 0.25) is 0 Å². The van der Waals surface area contributed by atoms with Gasteiger partial charge in [-0.2, -0.15) is 0 Å². The van der Waals surface area contributed by atoms with Crippen molar-refractivity contribution >= 4 is 23.9 Å². The van der Waals surface area contributed by atoms with Gasteiger partial charge < -0.3 is 19.7 Å². The van der Waals surface area contributed by atoms with Crippen LogP contribution < -0.4 is 0 Å². The molecule has 30 heavy (non-hydrogen) atoms. The normalized spacial score (nSPS) is 10.5. The number of carboxylic acid groups (broad SMARTS) is 2. The van der Waals surface area contributed by atoms with E-state index in [-0.39, 0.29) is 24.8 Å². The SMILES string of the molecule is O=C(O)CCCCCCCC(=O)OCCCCOC(=O)CCCCCCCC(=O)O. The number of carbonyl (C=O) groups excluding carboxylic acids is 2. The second kappa shape index (κ2) is 20.2. The fourth-order valence-electron chi connectivity index (χ4n) is 2.87. The van der Waals surface area contributed by atoms with Gasteiger partial charge in [-0.1, -0.05) is 38.5 Å². The molecule has 0 unspecified atom stereocenters. The summed E-state index contributed by atoms with van der Waals surface area (Å²) >= 11 is 0. The maximum Gasteiger partial charge on any atom is 0.305 e. The molecule has 8 nitrogen and oxygen atoms in total. The van der Waals surface area contributed by atoms with Crippen molar-refractivity contribution in [3.8, 4) is 0 Å². The number of hydrogen-bond acceptors (Lipinski definition) is 6. The molecule has 0 spiro atoms. The van der Waals surface area contributed by atoms with E-state index in [4.69, 9.17) is 19.7 Å². The van der Waals surface area contributed by atoms with Crippen LogP contribution in [0.25, 0.3) is 0 Å². The van der Waals surface area contributed by atoms with Crippen molar-refractivity contribution in [1.82, 2.24) is 0 Å². The average Bonchev–Trinajstić information content (AvgIpc) is 2.68. The van der Waals surface area contributed by atoms with Gasteiger partial charge >= 0.3 is 23.9 Å². The fraction of sp³-hybridized carbons (Fsp3) is 0.818. The van der Waals surface area contributed by atoms with Gasteiger partial charge in [0.2, 0.25) is 0 Å². The van der Waals surface area contributed by atoms with Crippen LogP contribution in [0.5, 0.6) is 0 Å². The van der Waals surface area contributed by atoms with Crippen LogP contribution in [-0.2, 0) is 28.7 Å². The molecule has 0 radical (unpaired) electrons. The zero-order valence-corrected chi connectivity index (χ0v) is 18.1. The molecule has 0 fully saturated rings. The molecule has 0 aliphatic rings. The first-order chi connectivity index (χ1) is 14.4. The molecule has 8 heteroatoms. The molecule has 174 valence electrons. The smallest absolute Gasteiger partial charge is 0.305 e. The van der Waals surface area contributed by atoms with Gasteiger partial charge in [-0.3, -0.25) is 19.2 Å². The standard InChI is InChI=1S/C22H38O8/c23-19(24)13-7-3-1-5-9-15-21(27)29-17-11-12-18-30-22(28)16-10-6-2-4-8-14-20(25)26/h1-18H2,(H,23,24)(H,25,26). The highest BCUT2D eigenvalue weighted by Gasteiger charge is 2.05. The molecule has 0 rings (SSSR count). The molecule has 0 aliphatic carbocycles. The van der Waals surface area contributed by atoms with Gasteiger partial charge in [0, 0.05) is 25.7 Å². The Morgan fingerprint density at radius 1 is 0.433 bits per heavy atom. The Morgan fingerprint density at radius 2 is 0.733 bits per heavy atom. The minimum Gasteiger partial charge on any atom is -0.481 e. The molecule has 0 saturated carbocycles. The van der Waals surface area contributed by atoms with Gasteiger partial charge in [0.1, 0.15) is 0 Å². The predicted octanol–water partition coefficient (Wildman–Crippen LogP) is 4.48. The number of rotatable bonds is 21. The monoisotopic (exact) mass is 430 g/mol. The lowest BCUT2D eigenvalue weighted by Crippen LogP contribution is -2.08. The molecule has 0 heterocycles. The zero-order valence-electron chi connectivity index (χ0n) is 18.1. The molecule has 0 aromatic rings.